The molecule has 0 fully saturated rings. The van der Waals surface area contributed by atoms with E-state index in [0.29, 0.717) is 18.7 Å². The maximum atomic E-state index is 12.6. The zero-order valence-corrected chi connectivity index (χ0v) is 18.0. The molecule has 4 rings (SSSR count). The number of aryl methyl sites for hydroxylation is 1. The zero-order valence-electron chi connectivity index (χ0n) is 18.0. The molecule has 31 heavy (non-hydrogen) atoms. The number of hydrogen-bond donors (Lipinski definition) is 2. The van der Waals surface area contributed by atoms with Crippen LogP contribution in [0.15, 0.2) is 67.3 Å². The third-order valence-corrected chi connectivity index (χ3v) is 5.33. The SMILES string of the molecule is C=C1Nc2cc(C(=O)NCc3ccc(N(C)Cc4ccc(C)cn4)nc3)ccc2N1C. The van der Waals surface area contributed by atoms with E-state index in [4.69, 9.17) is 0 Å². The number of amides is 1. The van der Waals surface area contributed by atoms with Crippen molar-refractivity contribution in [1.82, 2.24) is 15.3 Å². The van der Waals surface area contributed by atoms with E-state index >= 15 is 0 Å². The fourth-order valence-corrected chi connectivity index (χ4v) is 3.40. The lowest BCUT2D eigenvalue weighted by Crippen LogP contribution is -2.23. The molecule has 158 valence electrons. The first kappa shape index (κ1) is 20.4. The van der Waals surface area contributed by atoms with Gasteiger partial charge in [-0.3, -0.25) is 9.78 Å². The molecule has 1 aliphatic heterocycles. The van der Waals surface area contributed by atoms with Crippen molar-refractivity contribution < 1.29 is 4.79 Å². The van der Waals surface area contributed by atoms with Gasteiger partial charge in [-0.2, -0.15) is 0 Å². The second-order valence-electron chi connectivity index (χ2n) is 7.75. The largest absolute Gasteiger partial charge is 0.354 e. The highest BCUT2D eigenvalue weighted by Crippen LogP contribution is 2.35. The Morgan fingerprint density at radius 3 is 2.71 bits per heavy atom. The first-order chi connectivity index (χ1) is 14.9. The molecule has 1 amide bonds. The van der Waals surface area contributed by atoms with Crippen LogP contribution in [0.25, 0.3) is 0 Å². The summed E-state index contributed by atoms with van der Waals surface area (Å²) in [4.78, 5) is 25.5. The quantitative estimate of drug-likeness (QED) is 0.641. The van der Waals surface area contributed by atoms with Crippen molar-refractivity contribution >= 4 is 23.1 Å². The van der Waals surface area contributed by atoms with Crippen LogP contribution in [0.5, 0.6) is 0 Å². The van der Waals surface area contributed by atoms with E-state index in [0.717, 1.165) is 39.8 Å². The normalized spacial score (nSPS) is 12.4. The lowest BCUT2D eigenvalue weighted by molar-refractivity contribution is 0.0951. The number of nitrogens with one attached hydrogen (secondary N) is 2. The van der Waals surface area contributed by atoms with Crippen LogP contribution in [0.3, 0.4) is 0 Å². The fraction of sp³-hybridized carbons (Fsp3) is 0.208. The van der Waals surface area contributed by atoms with Gasteiger partial charge >= 0.3 is 0 Å². The molecule has 3 aromatic rings. The number of anilines is 3. The van der Waals surface area contributed by atoms with Crippen LogP contribution in [0.4, 0.5) is 17.2 Å². The van der Waals surface area contributed by atoms with Crippen molar-refractivity contribution in [3.8, 4) is 0 Å². The minimum Gasteiger partial charge on any atom is -0.354 e. The van der Waals surface area contributed by atoms with Crippen molar-refractivity contribution in [3.63, 3.8) is 0 Å². The number of hydrogen-bond acceptors (Lipinski definition) is 6. The third-order valence-electron chi connectivity index (χ3n) is 5.33. The van der Waals surface area contributed by atoms with Crippen LogP contribution in [0.1, 0.15) is 27.2 Å². The fourth-order valence-electron chi connectivity index (χ4n) is 3.40. The van der Waals surface area contributed by atoms with Crippen molar-refractivity contribution in [2.45, 2.75) is 20.0 Å². The molecule has 1 aromatic carbocycles. The third kappa shape index (κ3) is 4.50. The molecule has 0 atom stereocenters. The molecular weight excluding hydrogens is 388 g/mol. The molecule has 0 aliphatic carbocycles. The van der Waals surface area contributed by atoms with Crippen LogP contribution in [-0.2, 0) is 13.1 Å². The van der Waals surface area contributed by atoms with Gasteiger partial charge in [-0.1, -0.05) is 18.7 Å². The first-order valence-corrected chi connectivity index (χ1v) is 10.1. The van der Waals surface area contributed by atoms with E-state index in [1.807, 2.05) is 73.4 Å². The Bertz CT molecular complexity index is 1110. The van der Waals surface area contributed by atoms with E-state index in [1.165, 1.54) is 0 Å². The molecule has 2 N–H and O–H groups in total. The van der Waals surface area contributed by atoms with Gasteiger partial charge in [0.05, 0.1) is 23.6 Å². The number of aromatic nitrogens is 2. The van der Waals surface area contributed by atoms with E-state index in [2.05, 4.69) is 33.2 Å². The molecule has 0 radical (unpaired) electrons. The molecule has 7 heteroatoms. The second-order valence-corrected chi connectivity index (χ2v) is 7.75. The average molecular weight is 415 g/mol. The molecule has 7 nitrogen and oxygen atoms in total. The number of nitrogens with zero attached hydrogens (tertiary/aromatic N) is 4. The van der Waals surface area contributed by atoms with E-state index in [9.17, 15) is 4.79 Å². The summed E-state index contributed by atoms with van der Waals surface area (Å²) in [5.41, 5.74) is 5.56. The summed E-state index contributed by atoms with van der Waals surface area (Å²) in [5.74, 6) is 1.52. The summed E-state index contributed by atoms with van der Waals surface area (Å²) >= 11 is 0. The summed E-state index contributed by atoms with van der Waals surface area (Å²) in [6.45, 7) is 7.06. The van der Waals surface area contributed by atoms with Crippen molar-refractivity contribution in [1.29, 1.82) is 0 Å². The number of fused-ring (bicyclic) bond motifs is 1. The van der Waals surface area contributed by atoms with Crippen LogP contribution >= 0.6 is 0 Å². The van der Waals surface area contributed by atoms with Gasteiger partial charge in [-0.15, -0.1) is 0 Å². The van der Waals surface area contributed by atoms with Crippen LogP contribution in [0.2, 0.25) is 0 Å². The summed E-state index contributed by atoms with van der Waals surface area (Å²) < 4.78 is 0. The second kappa shape index (κ2) is 8.47. The molecule has 3 heterocycles. The molecule has 1 aliphatic rings. The summed E-state index contributed by atoms with van der Waals surface area (Å²) in [7, 11) is 3.92. The van der Waals surface area contributed by atoms with Crippen molar-refractivity contribution in [2.24, 2.45) is 0 Å². The Kier molecular flexibility index (Phi) is 5.58. The Balaban J connectivity index is 1.34. The summed E-state index contributed by atoms with van der Waals surface area (Å²) in [6.07, 6.45) is 3.66. The van der Waals surface area contributed by atoms with Crippen molar-refractivity contribution in [2.75, 3.05) is 29.2 Å². The van der Waals surface area contributed by atoms with Crippen LogP contribution in [-0.4, -0.2) is 30.0 Å². The molecular formula is C24H26N6O. The molecule has 0 saturated heterocycles. The van der Waals surface area contributed by atoms with Gasteiger partial charge in [-0.05, 0) is 48.4 Å². The van der Waals surface area contributed by atoms with Gasteiger partial charge in [0.1, 0.15) is 11.6 Å². The lowest BCUT2D eigenvalue weighted by atomic mass is 10.1. The maximum Gasteiger partial charge on any atom is 0.251 e. The Labute approximate surface area is 182 Å². The van der Waals surface area contributed by atoms with Gasteiger partial charge in [0.25, 0.3) is 5.91 Å². The highest BCUT2D eigenvalue weighted by atomic mass is 16.1. The molecule has 0 unspecified atom stereocenters. The predicted molar refractivity (Wildman–Crippen MR) is 124 cm³/mol. The monoisotopic (exact) mass is 414 g/mol. The highest BCUT2D eigenvalue weighted by molar-refractivity contribution is 5.97. The zero-order chi connectivity index (χ0) is 22.0. The maximum absolute atomic E-state index is 12.6. The van der Waals surface area contributed by atoms with Gasteiger partial charge in [0, 0.05) is 38.6 Å². The van der Waals surface area contributed by atoms with E-state index in [1.54, 1.807) is 6.20 Å². The standard InChI is InChI=1S/C24H26N6O/c1-16-5-8-20(25-12-16)15-29(3)23-10-6-18(13-26-23)14-27-24(31)19-7-9-22-21(11-19)28-17(2)30(22)4/h5-13,28H,2,14-15H2,1,3-4H3,(H,27,31). The lowest BCUT2D eigenvalue weighted by Gasteiger charge is -2.18. The minimum atomic E-state index is -0.128. The number of pyridine rings is 2. The Morgan fingerprint density at radius 1 is 1.16 bits per heavy atom. The molecule has 0 saturated carbocycles. The molecule has 0 bridgehead atoms. The predicted octanol–water partition coefficient (Wildman–Crippen LogP) is 3.68. The molecule has 2 aromatic heterocycles. The van der Waals surface area contributed by atoms with Crippen LogP contribution < -0.4 is 20.4 Å². The molecule has 0 spiro atoms. The van der Waals surface area contributed by atoms with Crippen LogP contribution in [0, 0.1) is 6.92 Å². The Morgan fingerprint density at radius 2 is 2.00 bits per heavy atom. The number of benzene rings is 1. The minimum absolute atomic E-state index is 0.128. The highest BCUT2D eigenvalue weighted by Gasteiger charge is 2.20. The van der Waals surface area contributed by atoms with Gasteiger partial charge in [0.15, 0.2) is 0 Å². The first-order valence-electron chi connectivity index (χ1n) is 10.1. The van der Waals surface area contributed by atoms with E-state index < -0.39 is 0 Å². The Hall–Kier alpha value is -3.87. The number of carbonyl (C=O) groups is 1. The van der Waals surface area contributed by atoms with E-state index in [-0.39, 0.29) is 5.91 Å². The van der Waals surface area contributed by atoms with Gasteiger partial charge < -0.3 is 20.4 Å². The summed E-state index contributed by atoms with van der Waals surface area (Å²) in [5, 5.41) is 6.14. The number of carbonyl (C=O) groups excluding carboxylic acids is 1. The topological polar surface area (TPSA) is 73.4 Å². The van der Waals surface area contributed by atoms with Gasteiger partial charge in [-0.25, -0.2) is 4.98 Å². The number of rotatable bonds is 6. The smallest absolute Gasteiger partial charge is 0.251 e. The van der Waals surface area contributed by atoms with Gasteiger partial charge in [0.2, 0.25) is 0 Å². The van der Waals surface area contributed by atoms with Crippen molar-refractivity contribution in [3.05, 3.63) is 89.6 Å². The summed E-state index contributed by atoms with van der Waals surface area (Å²) in [6, 6.07) is 13.6. The average Bonchev–Trinajstić information content (AvgIpc) is 3.07.